The zero-order chi connectivity index (χ0) is 18.2. The molecule has 0 spiro atoms. The van der Waals surface area contributed by atoms with Crippen LogP contribution in [0.3, 0.4) is 0 Å². The van der Waals surface area contributed by atoms with Crippen molar-refractivity contribution in [1.29, 1.82) is 0 Å². The van der Waals surface area contributed by atoms with Gasteiger partial charge in [-0.15, -0.1) is 0 Å². The highest BCUT2D eigenvalue weighted by atomic mass is 28.3. The highest BCUT2D eigenvalue weighted by Crippen LogP contribution is 2.39. The lowest BCUT2D eigenvalue weighted by molar-refractivity contribution is -0.418. The maximum absolute atomic E-state index is 4.34. The molecule has 0 saturated heterocycles. The molecule has 0 saturated carbocycles. The van der Waals surface area contributed by atoms with Crippen molar-refractivity contribution in [1.82, 2.24) is 0 Å². The molecule has 24 heavy (non-hydrogen) atoms. The number of benzene rings is 1. The molecule has 1 aliphatic rings. The third-order valence-corrected chi connectivity index (χ3v) is 7.27. The number of nitrogens with zero attached hydrogens (tertiary/aromatic N) is 1. The van der Waals surface area contributed by atoms with Gasteiger partial charge in [-0.2, -0.15) is 0 Å². The van der Waals surface area contributed by atoms with Gasteiger partial charge in [-0.05, 0) is 28.7 Å². The third kappa shape index (κ3) is 3.59. The molecule has 1 nitrogen and oxygen atoms in total. The van der Waals surface area contributed by atoms with E-state index in [1.54, 1.807) is 0 Å². The topological polar surface area (TPSA) is 3.01 Å². The van der Waals surface area contributed by atoms with E-state index in [2.05, 4.69) is 96.0 Å². The normalized spacial score (nSPS) is 17.0. The Balaban J connectivity index is 2.61. The van der Waals surface area contributed by atoms with E-state index < -0.39 is 8.07 Å². The summed E-state index contributed by atoms with van der Waals surface area (Å²) >= 11 is 0. The van der Waals surface area contributed by atoms with Crippen molar-refractivity contribution in [3.63, 3.8) is 0 Å². The molecule has 0 radical (unpaired) electrons. The second-order valence-electron chi connectivity index (χ2n) is 8.55. The first-order valence-electron chi connectivity index (χ1n) is 9.01. The van der Waals surface area contributed by atoms with Gasteiger partial charge in [-0.25, -0.2) is 0 Å². The monoisotopic (exact) mass is 339 g/mol. The van der Waals surface area contributed by atoms with Crippen molar-refractivity contribution in [3.05, 3.63) is 64.0 Å². The molecule has 0 amide bonds. The molecule has 0 bridgehead atoms. The molecule has 1 atom stereocenters. The van der Waals surface area contributed by atoms with Gasteiger partial charge in [0.05, 0.1) is 14.8 Å². The fourth-order valence-electron chi connectivity index (χ4n) is 3.40. The van der Waals surface area contributed by atoms with Gasteiger partial charge in [0.15, 0.2) is 0 Å². The molecule has 1 unspecified atom stereocenters. The van der Waals surface area contributed by atoms with Crippen LogP contribution in [0.15, 0.2) is 41.2 Å². The van der Waals surface area contributed by atoms with Crippen LogP contribution in [-0.2, 0) is 0 Å². The minimum Gasteiger partial charge on any atom is -0.255 e. The van der Waals surface area contributed by atoms with E-state index in [1.165, 1.54) is 33.5 Å². The average molecular weight is 340 g/mol. The van der Waals surface area contributed by atoms with Crippen LogP contribution in [0.1, 0.15) is 37.5 Å². The highest BCUT2D eigenvalue weighted by molar-refractivity contribution is 6.84. The van der Waals surface area contributed by atoms with Gasteiger partial charge in [-0.3, -0.25) is 4.58 Å². The van der Waals surface area contributed by atoms with E-state index in [4.69, 9.17) is 0 Å². The van der Waals surface area contributed by atoms with Crippen LogP contribution in [0.5, 0.6) is 0 Å². The molecular weight excluding hydrogens is 306 g/mol. The number of hydrogen-bond donors (Lipinski definition) is 0. The second kappa shape index (κ2) is 6.76. The van der Waals surface area contributed by atoms with Gasteiger partial charge in [0.2, 0.25) is 0 Å². The van der Waals surface area contributed by atoms with Crippen molar-refractivity contribution in [2.45, 2.75) is 54.3 Å². The van der Waals surface area contributed by atoms with E-state index >= 15 is 0 Å². The smallest absolute Gasteiger partial charge is 0.147 e. The lowest BCUT2D eigenvalue weighted by atomic mass is 9.85. The van der Waals surface area contributed by atoms with Crippen LogP contribution >= 0.6 is 0 Å². The zero-order valence-electron chi connectivity index (χ0n) is 16.7. The summed E-state index contributed by atoms with van der Waals surface area (Å²) in [6.07, 6.45) is 4.72. The highest BCUT2D eigenvalue weighted by Gasteiger charge is 2.32. The lowest BCUT2D eigenvalue weighted by Crippen LogP contribution is -2.33. The average Bonchev–Trinajstić information content (AvgIpc) is 2.46. The summed E-state index contributed by atoms with van der Waals surface area (Å²) in [6.45, 7) is 23.0. The van der Waals surface area contributed by atoms with Crippen molar-refractivity contribution < 1.29 is 4.58 Å². The predicted molar refractivity (Wildman–Crippen MR) is 109 cm³/mol. The second-order valence-corrected chi connectivity index (χ2v) is 13.6. The van der Waals surface area contributed by atoms with E-state index in [1.807, 2.05) is 0 Å². The van der Waals surface area contributed by atoms with Crippen molar-refractivity contribution in [3.8, 4) is 0 Å². The molecule has 0 aliphatic carbocycles. The summed E-state index contributed by atoms with van der Waals surface area (Å²) in [7, 11) is -1.43. The van der Waals surface area contributed by atoms with Gasteiger partial charge in [0.25, 0.3) is 0 Å². The Morgan fingerprint density at radius 3 is 2.04 bits per heavy atom. The molecule has 2 heteroatoms. The Hall–Kier alpha value is -1.54. The Morgan fingerprint density at radius 2 is 1.58 bits per heavy atom. The van der Waals surface area contributed by atoms with Crippen molar-refractivity contribution in [2.24, 2.45) is 11.8 Å². The Kier molecular flexibility index (Phi) is 5.29. The third-order valence-electron chi connectivity index (χ3n) is 5.23. The summed E-state index contributed by atoms with van der Waals surface area (Å²) in [6, 6.07) is 7.76. The summed E-state index contributed by atoms with van der Waals surface area (Å²) in [5.41, 5.74) is 5.47. The molecule has 1 aliphatic heterocycles. The summed E-state index contributed by atoms with van der Waals surface area (Å²) in [5.74, 6) is 1.18. The van der Waals surface area contributed by atoms with Gasteiger partial charge in [-0.1, -0.05) is 89.2 Å². The molecule has 1 aromatic carbocycles. The standard InChI is InChI=1S/C22H33NSi/c1-15(2)18(5)19-13-20(22-16(3)11-10-12-17(22)4)23(6)14-21(19)24(7,8)9/h10-15,18H,6H2,1-5,7-9H3. The first-order valence-corrected chi connectivity index (χ1v) is 12.5. The van der Waals surface area contributed by atoms with E-state index in [0.29, 0.717) is 11.8 Å². The molecule has 2 rings (SSSR count). The summed E-state index contributed by atoms with van der Waals surface area (Å²) < 4.78 is 2.10. The maximum atomic E-state index is 4.34. The summed E-state index contributed by atoms with van der Waals surface area (Å²) in [5, 5.41) is 1.54. The quantitative estimate of drug-likeness (QED) is 0.365. The molecule has 0 fully saturated rings. The molecule has 0 aromatic heterocycles. The van der Waals surface area contributed by atoms with Gasteiger partial charge in [0.1, 0.15) is 12.2 Å². The Bertz CT molecular complexity index is 681. The van der Waals surface area contributed by atoms with Crippen molar-refractivity contribution in [2.75, 3.05) is 0 Å². The first-order chi connectivity index (χ1) is 11.0. The van der Waals surface area contributed by atoms with E-state index in [0.717, 1.165) is 0 Å². The SMILES string of the molecule is C=[N+]1C=C([Si](C)(C)C)C(C(C)C(C)C)=C[C-]1c1c(C)cccc1C. The van der Waals surface area contributed by atoms with E-state index in [9.17, 15) is 0 Å². The zero-order valence-corrected chi connectivity index (χ0v) is 17.7. The van der Waals surface area contributed by atoms with Gasteiger partial charge in [0, 0.05) is 0 Å². The lowest BCUT2D eigenvalue weighted by Gasteiger charge is -2.35. The molecule has 1 heterocycles. The summed E-state index contributed by atoms with van der Waals surface area (Å²) in [4.78, 5) is 0. The Labute approximate surface area is 149 Å². The van der Waals surface area contributed by atoms with E-state index in [-0.39, 0.29) is 0 Å². The van der Waals surface area contributed by atoms with Crippen LogP contribution in [0.4, 0.5) is 0 Å². The molecule has 1 aromatic rings. The van der Waals surface area contributed by atoms with Crippen LogP contribution in [0, 0.1) is 31.7 Å². The number of hydrogen-bond acceptors (Lipinski definition) is 0. The number of allylic oxidation sites excluding steroid dienone is 2. The number of aryl methyl sites for hydroxylation is 2. The fraction of sp³-hybridized carbons (Fsp3) is 0.455. The maximum Gasteiger partial charge on any atom is 0.147 e. The van der Waals surface area contributed by atoms with Crippen LogP contribution in [-0.4, -0.2) is 19.4 Å². The van der Waals surface area contributed by atoms with Gasteiger partial charge >= 0.3 is 0 Å². The van der Waals surface area contributed by atoms with Crippen LogP contribution in [0.2, 0.25) is 19.6 Å². The minimum atomic E-state index is -1.43. The number of rotatable bonds is 4. The fourth-order valence-corrected chi connectivity index (χ4v) is 5.11. The largest absolute Gasteiger partial charge is 0.255 e. The molecule has 130 valence electrons. The van der Waals surface area contributed by atoms with Crippen molar-refractivity contribution >= 4 is 14.8 Å². The van der Waals surface area contributed by atoms with Gasteiger partial charge < -0.3 is 0 Å². The Morgan fingerprint density at radius 1 is 1.04 bits per heavy atom. The molecule has 0 N–H and O–H groups in total. The van der Waals surface area contributed by atoms with Crippen LogP contribution in [0.25, 0.3) is 0 Å². The predicted octanol–water partition coefficient (Wildman–Crippen LogP) is 5.89. The molecular formula is C22H33NSi. The first kappa shape index (κ1) is 18.8. The minimum absolute atomic E-state index is 0.552. The van der Waals surface area contributed by atoms with Crippen LogP contribution < -0.4 is 0 Å².